The Morgan fingerprint density at radius 2 is 2.00 bits per heavy atom. The van der Waals surface area contributed by atoms with Crippen LogP contribution in [0.1, 0.15) is 0 Å². The molecule has 0 aliphatic carbocycles. The second kappa shape index (κ2) is 8.85. The van der Waals surface area contributed by atoms with E-state index in [9.17, 15) is 4.53 Å². The fraction of sp³-hybridized carbons (Fsp3) is 0. The van der Waals surface area contributed by atoms with Crippen LogP contribution in [0.3, 0.4) is 0 Å². The first kappa shape index (κ1) is 9.29. The Balaban J connectivity index is 0. The molecule has 5 heavy (non-hydrogen) atoms. The van der Waals surface area contributed by atoms with E-state index < -0.39 is 0 Å². The summed E-state index contributed by atoms with van der Waals surface area (Å²) in [5.41, 5.74) is 0. The molecular formula is CHFKNO. The van der Waals surface area contributed by atoms with E-state index in [1.807, 2.05) is 0 Å². The van der Waals surface area contributed by atoms with Gasteiger partial charge in [0.1, 0.15) is 0 Å². The zero-order chi connectivity index (χ0) is 3.41. The monoisotopic (exact) mass is 101 g/mol. The number of hydrogen-bond donors (Lipinski definition) is 0. The first-order valence-corrected chi connectivity index (χ1v) is 0.582. The number of nitrogens with zero attached hydrogens (tertiary/aromatic N) is 1. The van der Waals surface area contributed by atoms with Gasteiger partial charge in [-0.2, -0.15) is 0 Å². The van der Waals surface area contributed by atoms with E-state index >= 15 is 0 Å². The van der Waals surface area contributed by atoms with Crippen molar-refractivity contribution in [1.82, 2.24) is 0 Å². The van der Waals surface area contributed by atoms with Crippen LogP contribution in [-0.2, 0) is 4.94 Å². The van der Waals surface area contributed by atoms with Gasteiger partial charge >= 0.3 is 57.6 Å². The van der Waals surface area contributed by atoms with Gasteiger partial charge in [-0.15, -0.1) is 5.26 Å². The second-order valence-corrected chi connectivity index (χ2v) is 0.168. The van der Waals surface area contributed by atoms with E-state index in [0.717, 1.165) is 6.26 Å². The van der Waals surface area contributed by atoms with Crippen molar-refractivity contribution in [2.75, 3.05) is 0 Å². The summed E-state index contributed by atoms with van der Waals surface area (Å²) >= 11 is 0. The Bertz CT molecular complexity index is 41.4. The van der Waals surface area contributed by atoms with Gasteiger partial charge in [0.25, 0.3) is 0 Å². The molecule has 2 nitrogen and oxygen atoms in total. The van der Waals surface area contributed by atoms with Crippen LogP contribution in [0.5, 0.6) is 0 Å². The molecule has 24 valence electrons. The molecule has 0 atom stereocenters. The van der Waals surface area contributed by atoms with E-state index in [2.05, 4.69) is 4.94 Å². The molecule has 0 aromatic carbocycles. The van der Waals surface area contributed by atoms with Crippen LogP contribution in [0.4, 0.5) is 4.53 Å². The Kier molecular flexibility index (Phi) is 16.4. The standard InChI is InChI=1S/CFNO.K.H/c2-4-1-3;;. The molecule has 0 heterocycles. The van der Waals surface area contributed by atoms with Gasteiger partial charge in [0.15, 0.2) is 0 Å². The van der Waals surface area contributed by atoms with E-state index in [4.69, 9.17) is 5.26 Å². The Hall–Kier alpha value is 0.856. The third-order valence-corrected chi connectivity index (χ3v) is 0.0345. The molecule has 0 unspecified atom stereocenters. The van der Waals surface area contributed by atoms with Crippen LogP contribution in [-0.4, -0.2) is 51.4 Å². The predicted molar refractivity (Wildman–Crippen MR) is 15.0 cm³/mol. The fourth-order valence-electron chi connectivity index (χ4n) is 0. The Labute approximate surface area is 71.2 Å². The van der Waals surface area contributed by atoms with Crippen molar-refractivity contribution in [2.24, 2.45) is 0 Å². The van der Waals surface area contributed by atoms with Crippen LogP contribution in [0.2, 0.25) is 0 Å². The van der Waals surface area contributed by atoms with Crippen molar-refractivity contribution in [3.05, 3.63) is 0 Å². The van der Waals surface area contributed by atoms with Gasteiger partial charge in [0.2, 0.25) is 0 Å². The van der Waals surface area contributed by atoms with Gasteiger partial charge in [-0.3, -0.25) is 0 Å². The molecule has 0 rings (SSSR count). The van der Waals surface area contributed by atoms with Gasteiger partial charge in [0, 0.05) is 4.53 Å². The molecule has 0 spiro atoms. The zero-order valence-corrected chi connectivity index (χ0v) is 1.73. The summed E-state index contributed by atoms with van der Waals surface area (Å²) in [4.78, 5) is 2.35. The van der Waals surface area contributed by atoms with Crippen molar-refractivity contribution in [1.29, 1.82) is 5.26 Å². The number of hydrogen-bond acceptors (Lipinski definition) is 2. The van der Waals surface area contributed by atoms with E-state index in [-0.39, 0.29) is 51.4 Å². The van der Waals surface area contributed by atoms with Gasteiger partial charge < -0.3 is 0 Å². The van der Waals surface area contributed by atoms with Gasteiger partial charge in [-0.25, -0.2) is 4.94 Å². The molecule has 0 saturated carbocycles. The van der Waals surface area contributed by atoms with E-state index in [0.29, 0.717) is 0 Å². The summed E-state index contributed by atoms with van der Waals surface area (Å²) in [6.07, 6.45) is 0.764. The summed E-state index contributed by atoms with van der Waals surface area (Å²) in [7, 11) is 0. The van der Waals surface area contributed by atoms with Crippen molar-refractivity contribution in [3.63, 3.8) is 0 Å². The third-order valence-electron chi connectivity index (χ3n) is 0.0345. The summed E-state index contributed by atoms with van der Waals surface area (Å²) in [6, 6.07) is 0. The van der Waals surface area contributed by atoms with Crippen LogP contribution in [0, 0.1) is 11.5 Å². The van der Waals surface area contributed by atoms with Crippen molar-refractivity contribution in [3.8, 4) is 6.26 Å². The number of halogens is 1. The topological polar surface area (TPSA) is 33.0 Å². The van der Waals surface area contributed by atoms with Crippen LogP contribution in [0.15, 0.2) is 0 Å². The van der Waals surface area contributed by atoms with Crippen molar-refractivity contribution in [2.45, 2.75) is 0 Å². The van der Waals surface area contributed by atoms with Crippen LogP contribution in [0.25, 0.3) is 0 Å². The quantitative estimate of drug-likeness (QED) is 0.310. The van der Waals surface area contributed by atoms with E-state index in [1.165, 1.54) is 0 Å². The SMILES string of the molecule is N#COF.[KH]. The molecule has 0 saturated heterocycles. The molecule has 0 amide bonds. The zero-order valence-electron chi connectivity index (χ0n) is 1.73. The van der Waals surface area contributed by atoms with Crippen LogP contribution >= 0.6 is 0 Å². The van der Waals surface area contributed by atoms with Crippen molar-refractivity contribution < 1.29 is 9.47 Å². The first-order valence-electron chi connectivity index (χ1n) is 0.582. The van der Waals surface area contributed by atoms with Gasteiger partial charge in [-0.1, -0.05) is 0 Å². The van der Waals surface area contributed by atoms with E-state index in [1.54, 1.807) is 0 Å². The van der Waals surface area contributed by atoms with Crippen LogP contribution < -0.4 is 0 Å². The molecule has 0 aliphatic rings. The van der Waals surface area contributed by atoms with Gasteiger partial charge in [0.05, 0.1) is 0 Å². The summed E-state index contributed by atoms with van der Waals surface area (Å²) < 4.78 is 9.86. The summed E-state index contributed by atoms with van der Waals surface area (Å²) in [5.74, 6) is 0. The minimum atomic E-state index is 0. The Morgan fingerprint density at radius 3 is 2.00 bits per heavy atom. The Morgan fingerprint density at radius 1 is 1.80 bits per heavy atom. The molecule has 0 fully saturated rings. The molecule has 4 heteroatoms. The number of nitriles is 1. The average Bonchev–Trinajstić information content (AvgIpc) is 1.37. The third kappa shape index (κ3) is 11.5. The molecule has 0 aliphatic heterocycles. The maximum atomic E-state index is 9.86. The fourth-order valence-corrected chi connectivity index (χ4v) is 0. The molecule has 0 aromatic rings. The second-order valence-electron chi connectivity index (χ2n) is 0.168. The molecular weight excluding hydrogens is 100 g/mol. The summed E-state index contributed by atoms with van der Waals surface area (Å²) in [5, 5.41) is 7.03. The number of rotatable bonds is 0. The molecule has 0 N–H and O–H groups in total. The van der Waals surface area contributed by atoms with Crippen molar-refractivity contribution >= 4 is 51.4 Å². The summed E-state index contributed by atoms with van der Waals surface area (Å²) in [6.45, 7) is 0. The molecule has 0 radical (unpaired) electrons. The molecule has 0 bridgehead atoms. The minimum absolute atomic E-state index is 0. The average molecular weight is 101 g/mol. The predicted octanol–water partition coefficient (Wildman–Crippen LogP) is -0.280. The van der Waals surface area contributed by atoms with Gasteiger partial charge in [-0.05, 0) is 0 Å². The normalized spacial score (nSPS) is 3.20. The molecule has 0 aromatic heterocycles. The first-order chi connectivity index (χ1) is 1.91. The maximum absolute atomic E-state index is 9.86.